The maximum absolute atomic E-state index is 13.2. The fourth-order valence-electron chi connectivity index (χ4n) is 2.70. The van der Waals surface area contributed by atoms with E-state index in [1.54, 1.807) is 25.3 Å². The van der Waals surface area contributed by atoms with Crippen LogP contribution < -0.4 is 25.5 Å². The number of halogens is 2. The van der Waals surface area contributed by atoms with Crippen LogP contribution in [0.15, 0.2) is 46.5 Å². The molecule has 162 valence electrons. The lowest BCUT2D eigenvalue weighted by molar-refractivity contribution is -0.123. The maximum Gasteiger partial charge on any atom is 0.252 e. The monoisotopic (exact) mass is 447 g/mol. The average Bonchev–Trinajstić information content (AvgIpc) is 3.09. The molecule has 3 rings (SSSR count). The molecule has 0 aromatic heterocycles. The van der Waals surface area contributed by atoms with E-state index >= 15 is 0 Å². The molecule has 0 spiro atoms. The second kappa shape index (κ2) is 9.90. The molecule has 0 aliphatic carbocycles. The van der Waals surface area contributed by atoms with Crippen molar-refractivity contribution in [2.75, 3.05) is 19.5 Å². The first kappa shape index (κ1) is 22.0. The number of guanidine groups is 1. The molecule has 0 radical (unpaired) electrons. The standard InChI is InChI=1S/C20H19ClFN5O4/c1-30-16-6-3-11(7-17(16)31-2)10-23-27-20-25-15(19(29)26-20)9-18(28)24-12-4-5-14(22)13(21)8-12/h3-8,10,15H,9H2,1-2H3,(H,24,28)(H2,25,26,27,29)/b23-10+. The minimum absolute atomic E-state index is 0.115. The molecule has 0 fully saturated rings. The minimum atomic E-state index is -0.922. The average molecular weight is 448 g/mol. The van der Waals surface area contributed by atoms with Crippen LogP contribution in [0.25, 0.3) is 0 Å². The van der Waals surface area contributed by atoms with Gasteiger partial charge in [-0.15, -0.1) is 0 Å². The Morgan fingerprint density at radius 3 is 2.74 bits per heavy atom. The normalized spacial score (nSPS) is 15.4. The molecule has 0 bridgehead atoms. The summed E-state index contributed by atoms with van der Waals surface area (Å²) in [6.07, 6.45) is 1.31. The van der Waals surface area contributed by atoms with Crippen molar-refractivity contribution < 1.29 is 23.5 Å². The number of anilines is 1. The SMILES string of the molecule is COc1ccc(/C=N/NC2=NC(CC(=O)Nc3ccc(F)c(Cl)c3)C(=O)N2)cc1OC. The van der Waals surface area contributed by atoms with E-state index in [1.165, 1.54) is 25.5 Å². The molecule has 1 aliphatic heterocycles. The number of methoxy groups -OCH3 is 2. The van der Waals surface area contributed by atoms with Crippen LogP contribution in [0.3, 0.4) is 0 Å². The van der Waals surface area contributed by atoms with Gasteiger partial charge in [-0.05, 0) is 42.0 Å². The summed E-state index contributed by atoms with van der Waals surface area (Å²) in [5, 5.41) is 8.96. The molecule has 1 aliphatic rings. The highest BCUT2D eigenvalue weighted by molar-refractivity contribution is 6.31. The highest BCUT2D eigenvalue weighted by Gasteiger charge is 2.28. The summed E-state index contributed by atoms with van der Waals surface area (Å²) < 4.78 is 23.6. The fraction of sp³-hybridized carbons (Fsp3) is 0.200. The molecule has 11 heteroatoms. The van der Waals surface area contributed by atoms with Crippen molar-refractivity contribution in [1.82, 2.24) is 10.7 Å². The number of hydrogen-bond donors (Lipinski definition) is 3. The summed E-state index contributed by atoms with van der Waals surface area (Å²) >= 11 is 5.69. The van der Waals surface area contributed by atoms with Gasteiger partial charge in [-0.2, -0.15) is 5.10 Å². The Kier molecular flexibility index (Phi) is 7.03. The second-order valence-corrected chi connectivity index (χ2v) is 6.76. The molecule has 2 aromatic carbocycles. The largest absolute Gasteiger partial charge is 0.493 e. The molecule has 2 amide bonds. The van der Waals surface area contributed by atoms with Crippen LogP contribution in [0.1, 0.15) is 12.0 Å². The highest BCUT2D eigenvalue weighted by Crippen LogP contribution is 2.26. The van der Waals surface area contributed by atoms with Crippen molar-refractivity contribution in [3.8, 4) is 11.5 Å². The smallest absolute Gasteiger partial charge is 0.252 e. The Labute approximate surface area is 182 Å². The molecule has 9 nitrogen and oxygen atoms in total. The van der Waals surface area contributed by atoms with Crippen LogP contribution >= 0.6 is 11.6 Å². The van der Waals surface area contributed by atoms with Gasteiger partial charge < -0.3 is 14.8 Å². The van der Waals surface area contributed by atoms with Crippen LogP contribution in [-0.2, 0) is 9.59 Å². The molecule has 1 unspecified atom stereocenters. The molecule has 3 N–H and O–H groups in total. The number of nitrogens with zero attached hydrogens (tertiary/aromatic N) is 2. The van der Waals surface area contributed by atoms with Crippen molar-refractivity contribution in [3.05, 3.63) is 52.8 Å². The summed E-state index contributed by atoms with van der Waals surface area (Å²) in [5.41, 5.74) is 3.66. The van der Waals surface area contributed by atoms with Gasteiger partial charge in [0.15, 0.2) is 11.5 Å². The van der Waals surface area contributed by atoms with Crippen molar-refractivity contribution >= 4 is 41.3 Å². The molecular formula is C20H19ClFN5O4. The Hall–Kier alpha value is -3.66. The zero-order chi connectivity index (χ0) is 22.4. The quantitative estimate of drug-likeness (QED) is 0.445. The van der Waals surface area contributed by atoms with Gasteiger partial charge in [0.1, 0.15) is 11.9 Å². The number of carbonyl (C=O) groups excluding carboxylic acids is 2. The second-order valence-electron chi connectivity index (χ2n) is 6.35. The zero-order valence-corrected chi connectivity index (χ0v) is 17.4. The molecule has 1 heterocycles. The fourth-order valence-corrected chi connectivity index (χ4v) is 2.89. The van der Waals surface area contributed by atoms with Gasteiger partial charge in [-0.3, -0.25) is 14.9 Å². The van der Waals surface area contributed by atoms with Gasteiger partial charge in [0, 0.05) is 5.69 Å². The van der Waals surface area contributed by atoms with Crippen molar-refractivity contribution in [1.29, 1.82) is 0 Å². The third-order valence-electron chi connectivity index (χ3n) is 4.20. The Morgan fingerprint density at radius 2 is 2.03 bits per heavy atom. The van der Waals surface area contributed by atoms with E-state index in [9.17, 15) is 14.0 Å². The van der Waals surface area contributed by atoms with Gasteiger partial charge in [0.25, 0.3) is 5.91 Å². The topological polar surface area (TPSA) is 113 Å². The molecule has 0 saturated carbocycles. The van der Waals surface area contributed by atoms with E-state index in [0.29, 0.717) is 17.2 Å². The lowest BCUT2D eigenvalue weighted by Gasteiger charge is -2.07. The lowest BCUT2D eigenvalue weighted by Crippen LogP contribution is -2.35. The summed E-state index contributed by atoms with van der Waals surface area (Å²) in [6.45, 7) is 0. The van der Waals surface area contributed by atoms with Crippen LogP contribution in [0.2, 0.25) is 5.02 Å². The number of hydrazone groups is 1. The maximum atomic E-state index is 13.2. The van der Waals surface area contributed by atoms with Crippen LogP contribution in [0.5, 0.6) is 11.5 Å². The van der Waals surface area contributed by atoms with Gasteiger partial charge in [0.2, 0.25) is 11.9 Å². The highest BCUT2D eigenvalue weighted by atomic mass is 35.5. The first-order valence-electron chi connectivity index (χ1n) is 9.04. The number of rotatable bonds is 7. The van der Waals surface area contributed by atoms with Crippen molar-refractivity contribution in [3.63, 3.8) is 0 Å². The summed E-state index contributed by atoms with van der Waals surface area (Å²) in [4.78, 5) is 28.3. The number of nitrogens with one attached hydrogen (secondary N) is 3. The molecule has 31 heavy (non-hydrogen) atoms. The molecule has 0 saturated heterocycles. The molecular weight excluding hydrogens is 429 g/mol. The van der Waals surface area contributed by atoms with Gasteiger partial charge in [-0.1, -0.05) is 11.6 Å². The predicted octanol–water partition coefficient (Wildman–Crippen LogP) is 2.30. The molecule has 1 atom stereocenters. The van der Waals surface area contributed by atoms with E-state index in [-0.39, 0.29) is 17.4 Å². The number of amides is 2. The summed E-state index contributed by atoms with van der Waals surface area (Å²) in [7, 11) is 3.07. The summed E-state index contributed by atoms with van der Waals surface area (Å²) in [6, 6.07) is 8.10. The first-order chi connectivity index (χ1) is 14.9. The zero-order valence-electron chi connectivity index (χ0n) is 16.6. The number of carbonyl (C=O) groups is 2. The minimum Gasteiger partial charge on any atom is -0.493 e. The first-order valence-corrected chi connectivity index (χ1v) is 9.42. The number of ether oxygens (including phenoxy) is 2. The van der Waals surface area contributed by atoms with E-state index < -0.39 is 23.7 Å². The van der Waals surface area contributed by atoms with E-state index in [1.807, 2.05) is 0 Å². The van der Waals surface area contributed by atoms with Gasteiger partial charge in [-0.25, -0.2) is 14.8 Å². The number of hydrogen-bond acceptors (Lipinski definition) is 7. The van der Waals surface area contributed by atoms with Crippen LogP contribution in [-0.4, -0.2) is 44.2 Å². The molecule has 2 aromatic rings. The van der Waals surface area contributed by atoms with Gasteiger partial charge in [0.05, 0.1) is 31.9 Å². The third-order valence-corrected chi connectivity index (χ3v) is 4.49. The van der Waals surface area contributed by atoms with Gasteiger partial charge >= 0.3 is 0 Å². The Morgan fingerprint density at radius 1 is 1.26 bits per heavy atom. The van der Waals surface area contributed by atoms with Crippen molar-refractivity contribution in [2.24, 2.45) is 10.1 Å². The predicted molar refractivity (Wildman–Crippen MR) is 114 cm³/mol. The third kappa shape index (κ3) is 5.70. The van der Waals surface area contributed by atoms with E-state index in [4.69, 9.17) is 21.1 Å². The van der Waals surface area contributed by atoms with E-state index in [2.05, 4.69) is 26.2 Å². The number of benzene rings is 2. The number of aliphatic imine (C=N–C) groups is 1. The summed E-state index contributed by atoms with van der Waals surface area (Å²) in [5.74, 6) is -0.263. The van der Waals surface area contributed by atoms with Crippen molar-refractivity contribution in [2.45, 2.75) is 12.5 Å². The van der Waals surface area contributed by atoms with Crippen LogP contribution in [0.4, 0.5) is 10.1 Å². The Balaban J connectivity index is 1.56. The lowest BCUT2D eigenvalue weighted by atomic mass is 10.2. The van der Waals surface area contributed by atoms with Crippen LogP contribution in [0, 0.1) is 5.82 Å². The Bertz CT molecular complexity index is 1060. The van der Waals surface area contributed by atoms with E-state index in [0.717, 1.165) is 11.6 Å².